The zero-order valence-electron chi connectivity index (χ0n) is 16.9. The van der Waals surface area contributed by atoms with E-state index in [2.05, 4.69) is 36.4 Å². The van der Waals surface area contributed by atoms with Crippen molar-refractivity contribution in [2.24, 2.45) is 0 Å². The van der Waals surface area contributed by atoms with E-state index in [4.69, 9.17) is 4.74 Å². The molecule has 3 heteroatoms. The lowest BCUT2D eigenvalue weighted by Crippen LogP contribution is -2.47. The molecule has 0 radical (unpaired) electrons. The van der Waals surface area contributed by atoms with Gasteiger partial charge >= 0.3 is 0 Å². The van der Waals surface area contributed by atoms with Crippen molar-refractivity contribution >= 4 is 5.91 Å². The summed E-state index contributed by atoms with van der Waals surface area (Å²) in [6, 6.07) is 36.2. The fraction of sp³-hybridized carbons (Fsp3) is 0.107. The lowest BCUT2D eigenvalue weighted by Gasteiger charge is -2.39. The smallest absolute Gasteiger partial charge is 0.257 e. The van der Waals surface area contributed by atoms with Crippen LogP contribution < -0.4 is 0 Å². The summed E-state index contributed by atoms with van der Waals surface area (Å²) < 4.78 is 6.71. The predicted molar refractivity (Wildman–Crippen MR) is 120 cm³/mol. The third-order valence-corrected chi connectivity index (χ3v) is 6.41. The van der Waals surface area contributed by atoms with Crippen molar-refractivity contribution in [2.75, 3.05) is 6.61 Å². The molecular formula is C28H21NO2. The number of amides is 1. The van der Waals surface area contributed by atoms with Crippen LogP contribution in [0, 0.1) is 0 Å². The van der Waals surface area contributed by atoms with Gasteiger partial charge in [-0.2, -0.15) is 0 Å². The van der Waals surface area contributed by atoms with Gasteiger partial charge in [0.25, 0.3) is 5.91 Å². The summed E-state index contributed by atoms with van der Waals surface area (Å²) in [5, 5.41) is 0. The Morgan fingerprint density at radius 3 is 2.00 bits per heavy atom. The molecule has 1 saturated heterocycles. The SMILES string of the molecule is O=C1c2ccccc2-c2ccccc2[C@]2(c3ccccc3)OC[C@@H](c3ccccc3)N12. The number of hydrogen-bond acceptors (Lipinski definition) is 2. The average Bonchev–Trinajstić information content (AvgIpc) is 3.22. The number of nitrogens with zero attached hydrogens (tertiary/aromatic N) is 1. The summed E-state index contributed by atoms with van der Waals surface area (Å²) in [4.78, 5) is 16.2. The van der Waals surface area contributed by atoms with Gasteiger partial charge in [-0.05, 0) is 22.8 Å². The molecule has 0 aromatic heterocycles. The van der Waals surface area contributed by atoms with Crippen LogP contribution in [-0.2, 0) is 10.5 Å². The molecule has 0 bridgehead atoms. The molecule has 1 amide bonds. The van der Waals surface area contributed by atoms with Gasteiger partial charge in [0.15, 0.2) is 5.72 Å². The van der Waals surface area contributed by atoms with E-state index in [0.29, 0.717) is 12.2 Å². The van der Waals surface area contributed by atoms with E-state index >= 15 is 0 Å². The van der Waals surface area contributed by atoms with Crippen LogP contribution in [-0.4, -0.2) is 17.4 Å². The molecule has 6 rings (SSSR count). The third kappa shape index (κ3) is 2.54. The summed E-state index contributed by atoms with van der Waals surface area (Å²) in [6.45, 7) is 0.432. The molecule has 0 unspecified atom stereocenters. The summed E-state index contributed by atoms with van der Waals surface area (Å²) in [5.74, 6) is -0.0120. The molecule has 2 atom stereocenters. The highest BCUT2D eigenvalue weighted by Gasteiger charge is 2.55. The Bertz CT molecular complexity index is 1270. The fourth-order valence-corrected chi connectivity index (χ4v) is 5.07. The molecule has 150 valence electrons. The van der Waals surface area contributed by atoms with Gasteiger partial charge in [-0.25, -0.2) is 0 Å². The Morgan fingerprint density at radius 2 is 1.26 bits per heavy atom. The summed E-state index contributed by atoms with van der Waals surface area (Å²) in [7, 11) is 0. The van der Waals surface area contributed by atoms with E-state index < -0.39 is 5.72 Å². The summed E-state index contributed by atoms with van der Waals surface area (Å²) in [5.41, 5.74) is 4.73. The van der Waals surface area contributed by atoms with Crippen molar-refractivity contribution in [3.8, 4) is 11.1 Å². The summed E-state index contributed by atoms with van der Waals surface area (Å²) >= 11 is 0. The normalized spacial score (nSPS) is 21.7. The molecule has 2 heterocycles. The minimum absolute atomic E-state index is 0.0120. The molecule has 4 aromatic carbocycles. The van der Waals surface area contributed by atoms with Crippen molar-refractivity contribution in [3.63, 3.8) is 0 Å². The second-order valence-electron chi connectivity index (χ2n) is 8.01. The van der Waals surface area contributed by atoms with Gasteiger partial charge in [-0.3, -0.25) is 9.69 Å². The van der Waals surface area contributed by atoms with Gasteiger partial charge < -0.3 is 4.74 Å². The largest absolute Gasteiger partial charge is 0.344 e. The quantitative estimate of drug-likeness (QED) is 0.424. The Labute approximate surface area is 181 Å². The van der Waals surface area contributed by atoms with Crippen LogP contribution in [0.4, 0.5) is 0 Å². The van der Waals surface area contributed by atoms with Crippen LogP contribution >= 0.6 is 0 Å². The molecule has 2 aliphatic rings. The van der Waals surface area contributed by atoms with E-state index in [1.54, 1.807) is 0 Å². The van der Waals surface area contributed by atoms with Gasteiger partial charge in [0.1, 0.15) is 0 Å². The first-order valence-corrected chi connectivity index (χ1v) is 10.6. The van der Waals surface area contributed by atoms with E-state index in [-0.39, 0.29) is 11.9 Å². The third-order valence-electron chi connectivity index (χ3n) is 6.41. The van der Waals surface area contributed by atoms with Crippen molar-refractivity contribution in [3.05, 3.63) is 131 Å². The van der Waals surface area contributed by atoms with Gasteiger partial charge in [0, 0.05) is 16.7 Å². The molecule has 2 aliphatic heterocycles. The lowest BCUT2D eigenvalue weighted by atomic mass is 9.87. The molecule has 0 N–H and O–H groups in total. The molecule has 0 spiro atoms. The summed E-state index contributed by atoms with van der Waals surface area (Å²) in [6.07, 6.45) is 0. The van der Waals surface area contributed by atoms with Crippen molar-refractivity contribution < 1.29 is 9.53 Å². The van der Waals surface area contributed by atoms with Gasteiger partial charge in [-0.15, -0.1) is 0 Å². The first-order valence-electron chi connectivity index (χ1n) is 10.6. The van der Waals surface area contributed by atoms with Crippen molar-refractivity contribution in [1.82, 2.24) is 4.90 Å². The highest BCUT2D eigenvalue weighted by molar-refractivity contribution is 6.04. The monoisotopic (exact) mass is 403 g/mol. The van der Waals surface area contributed by atoms with Crippen LogP contribution in [0.1, 0.15) is 33.1 Å². The molecule has 1 fully saturated rings. The Hall–Kier alpha value is -3.69. The van der Waals surface area contributed by atoms with Crippen LogP contribution in [0.5, 0.6) is 0 Å². The molecule has 3 nitrogen and oxygen atoms in total. The van der Waals surface area contributed by atoms with E-state index in [9.17, 15) is 4.79 Å². The molecule has 0 aliphatic carbocycles. The van der Waals surface area contributed by atoms with Crippen molar-refractivity contribution in [2.45, 2.75) is 11.8 Å². The molecular weight excluding hydrogens is 382 g/mol. The standard InChI is InChI=1S/C28H21NO2/c30-27-24-17-8-7-15-22(24)23-16-9-10-18-25(23)28(21-13-5-2-6-14-21)29(27)26(19-31-28)20-11-3-1-4-12-20/h1-18,26H,19H2/t26-,28-/m0/s1. The second kappa shape index (κ2) is 6.93. The zero-order valence-corrected chi connectivity index (χ0v) is 16.9. The Balaban J connectivity index is 1.70. The van der Waals surface area contributed by atoms with Crippen molar-refractivity contribution in [1.29, 1.82) is 0 Å². The Kier molecular flexibility index (Phi) is 4.05. The number of hydrogen-bond donors (Lipinski definition) is 0. The predicted octanol–water partition coefficient (Wildman–Crippen LogP) is 5.78. The lowest BCUT2D eigenvalue weighted by molar-refractivity contribution is -0.0414. The number of rotatable bonds is 2. The number of carbonyl (C=O) groups is 1. The minimum atomic E-state index is -0.992. The number of fused-ring (bicyclic) bond motifs is 5. The minimum Gasteiger partial charge on any atom is -0.344 e. The van der Waals surface area contributed by atoms with E-state index in [1.807, 2.05) is 77.7 Å². The van der Waals surface area contributed by atoms with Crippen LogP contribution in [0.3, 0.4) is 0 Å². The van der Waals surface area contributed by atoms with Gasteiger partial charge in [0.2, 0.25) is 0 Å². The van der Waals surface area contributed by atoms with Crippen LogP contribution in [0.2, 0.25) is 0 Å². The maximum Gasteiger partial charge on any atom is 0.257 e. The number of carbonyl (C=O) groups excluding carboxylic acids is 1. The highest BCUT2D eigenvalue weighted by atomic mass is 16.5. The zero-order chi connectivity index (χ0) is 20.8. The maximum absolute atomic E-state index is 14.2. The number of benzene rings is 4. The second-order valence-corrected chi connectivity index (χ2v) is 8.01. The van der Waals surface area contributed by atoms with Crippen LogP contribution in [0.25, 0.3) is 11.1 Å². The molecule has 0 saturated carbocycles. The topological polar surface area (TPSA) is 29.5 Å². The van der Waals surface area contributed by atoms with Crippen LogP contribution in [0.15, 0.2) is 109 Å². The maximum atomic E-state index is 14.2. The van der Waals surface area contributed by atoms with E-state index in [0.717, 1.165) is 27.8 Å². The van der Waals surface area contributed by atoms with Gasteiger partial charge in [0.05, 0.1) is 12.6 Å². The Morgan fingerprint density at radius 1 is 0.677 bits per heavy atom. The first-order chi connectivity index (χ1) is 15.3. The molecule has 4 aromatic rings. The van der Waals surface area contributed by atoms with E-state index in [1.165, 1.54) is 0 Å². The van der Waals surface area contributed by atoms with Gasteiger partial charge in [-0.1, -0.05) is 103 Å². The molecule has 31 heavy (non-hydrogen) atoms. The number of ether oxygens (including phenoxy) is 1. The fourth-order valence-electron chi connectivity index (χ4n) is 5.07. The highest BCUT2D eigenvalue weighted by Crippen LogP contribution is 2.53. The first kappa shape index (κ1) is 18.1. The average molecular weight is 403 g/mol.